The summed E-state index contributed by atoms with van der Waals surface area (Å²) in [6, 6.07) is 18.8. The van der Waals surface area contributed by atoms with Gasteiger partial charge in [0, 0.05) is 11.3 Å². The quantitative estimate of drug-likeness (QED) is 0.367. The molecule has 0 saturated carbocycles. The molecule has 0 amide bonds. The number of rotatable bonds is 9. The summed E-state index contributed by atoms with van der Waals surface area (Å²) >= 11 is 0. The Kier molecular flexibility index (Phi) is 7.72. The average molecular weight is 493 g/mol. The summed E-state index contributed by atoms with van der Waals surface area (Å²) in [5.41, 5.74) is 0.473. The third kappa shape index (κ3) is 5.76. The van der Waals surface area contributed by atoms with E-state index in [2.05, 4.69) is 17.4 Å². The molecule has 0 fully saturated rings. The second-order valence-electron chi connectivity index (χ2n) is 8.64. The van der Waals surface area contributed by atoms with Crippen molar-refractivity contribution in [2.24, 2.45) is 0 Å². The highest BCUT2D eigenvalue weighted by Gasteiger charge is 2.33. The van der Waals surface area contributed by atoms with Crippen LogP contribution in [0.15, 0.2) is 78.2 Å². The van der Waals surface area contributed by atoms with Gasteiger partial charge < -0.3 is 14.2 Å². The number of nitrogens with zero attached hydrogens (tertiary/aromatic N) is 1. The van der Waals surface area contributed by atoms with E-state index in [1.165, 1.54) is 19.3 Å². The Morgan fingerprint density at radius 1 is 1.03 bits per heavy atom. The van der Waals surface area contributed by atoms with Crippen LogP contribution in [0.1, 0.15) is 31.9 Å². The van der Waals surface area contributed by atoms with Crippen molar-refractivity contribution < 1.29 is 22.6 Å². The van der Waals surface area contributed by atoms with Gasteiger partial charge in [0.05, 0.1) is 18.7 Å². The summed E-state index contributed by atoms with van der Waals surface area (Å²) in [7, 11) is -2.71. The molecule has 0 aliphatic rings. The van der Waals surface area contributed by atoms with E-state index in [9.17, 15) is 13.7 Å². The lowest BCUT2D eigenvalue weighted by molar-refractivity contribution is 0.318. The molecule has 0 aliphatic carbocycles. The summed E-state index contributed by atoms with van der Waals surface area (Å²) in [4.78, 5) is -0.240. The maximum atomic E-state index is 13.6. The van der Waals surface area contributed by atoms with Crippen molar-refractivity contribution in [3.8, 4) is 29.1 Å². The first-order chi connectivity index (χ1) is 16.6. The highest BCUT2D eigenvalue weighted by atomic mass is 32.2. The molecule has 3 aromatic carbocycles. The predicted octanol–water partition coefficient (Wildman–Crippen LogP) is 6.02. The summed E-state index contributed by atoms with van der Waals surface area (Å²) in [5.74, 6) is 0.793. The molecule has 0 unspecified atom stereocenters. The first-order valence-corrected chi connectivity index (χ1v) is 12.3. The Hall–Kier alpha value is -3.96. The fraction of sp³-hybridized carbons (Fsp3) is 0.222. The summed E-state index contributed by atoms with van der Waals surface area (Å²) in [6.45, 7) is 9.50. The Bertz CT molecular complexity index is 1350. The minimum Gasteiger partial charge on any atom is -0.493 e. The number of methoxy groups -OCH3 is 1. The van der Waals surface area contributed by atoms with Gasteiger partial charge in [-0.3, -0.25) is 4.72 Å². The number of benzene rings is 3. The number of para-hydroxylation sites is 3. The Balaban J connectivity index is 2.36. The van der Waals surface area contributed by atoms with Gasteiger partial charge in [-0.15, -0.1) is 0 Å². The molecule has 3 aromatic rings. The lowest BCUT2D eigenvalue weighted by Crippen LogP contribution is -2.20. The SMILES string of the molecule is C=CCOc1c(Oc2ccccc2OC)c(S(=O)(=O)Nc2ccccc2)cc(C#N)c1C(C)(C)C. The van der Waals surface area contributed by atoms with E-state index in [-0.39, 0.29) is 28.6 Å². The molecule has 7 nitrogen and oxygen atoms in total. The predicted molar refractivity (Wildman–Crippen MR) is 136 cm³/mol. The summed E-state index contributed by atoms with van der Waals surface area (Å²) in [6.07, 6.45) is 1.54. The molecule has 1 N–H and O–H groups in total. The molecule has 0 spiro atoms. The fourth-order valence-corrected chi connectivity index (χ4v) is 4.76. The molecule has 0 aliphatic heterocycles. The van der Waals surface area contributed by atoms with E-state index < -0.39 is 15.4 Å². The molecule has 0 atom stereocenters. The molecule has 35 heavy (non-hydrogen) atoms. The van der Waals surface area contributed by atoms with Crippen LogP contribution in [0, 0.1) is 11.3 Å². The van der Waals surface area contributed by atoms with Gasteiger partial charge >= 0.3 is 0 Å². The van der Waals surface area contributed by atoms with Gasteiger partial charge in [0.25, 0.3) is 10.0 Å². The van der Waals surface area contributed by atoms with Crippen LogP contribution in [0.2, 0.25) is 0 Å². The number of sulfonamides is 1. The van der Waals surface area contributed by atoms with E-state index >= 15 is 0 Å². The number of hydrogen-bond donors (Lipinski definition) is 1. The van der Waals surface area contributed by atoms with Crippen LogP contribution in [-0.4, -0.2) is 22.1 Å². The highest BCUT2D eigenvalue weighted by Crippen LogP contribution is 2.48. The van der Waals surface area contributed by atoms with Gasteiger partial charge in [-0.25, -0.2) is 8.42 Å². The van der Waals surface area contributed by atoms with E-state index in [0.29, 0.717) is 22.7 Å². The van der Waals surface area contributed by atoms with Crippen molar-refractivity contribution in [2.75, 3.05) is 18.4 Å². The van der Waals surface area contributed by atoms with Gasteiger partial charge in [0.2, 0.25) is 0 Å². The lowest BCUT2D eigenvalue weighted by atomic mass is 9.83. The molecular weight excluding hydrogens is 464 g/mol. The maximum Gasteiger partial charge on any atom is 0.265 e. The molecule has 0 saturated heterocycles. The number of anilines is 1. The van der Waals surface area contributed by atoms with Crippen LogP contribution in [0.3, 0.4) is 0 Å². The highest BCUT2D eigenvalue weighted by molar-refractivity contribution is 7.92. The van der Waals surface area contributed by atoms with Crippen LogP contribution in [-0.2, 0) is 15.4 Å². The van der Waals surface area contributed by atoms with Crippen LogP contribution in [0.25, 0.3) is 0 Å². The zero-order chi connectivity index (χ0) is 25.6. The normalized spacial score (nSPS) is 11.3. The number of ether oxygens (including phenoxy) is 3. The van der Waals surface area contributed by atoms with E-state index in [1.807, 2.05) is 20.8 Å². The van der Waals surface area contributed by atoms with Crippen molar-refractivity contribution in [2.45, 2.75) is 31.1 Å². The topological polar surface area (TPSA) is 97.7 Å². The van der Waals surface area contributed by atoms with Crippen molar-refractivity contribution in [1.82, 2.24) is 0 Å². The van der Waals surface area contributed by atoms with Crippen LogP contribution < -0.4 is 18.9 Å². The molecule has 0 aromatic heterocycles. The van der Waals surface area contributed by atoms with Gasteiger partial charge in [-0.1, -0.05) is 63.8 Å². The van der Waals surface area contributed by atoms with Gasteiger partial charge in [0.1, 0.15) is 11.5 Å². The van der Waals surface area contributed by atoms with Crippen LogP contribution >= 0.6 is 0 Å². The Morgan fingerprint density at radius 2 is 1.66 bits per heavy atom. The number of nitrogens with one attached hydrogen (secondary N) is 1. The van der Waals surface area contributed by atoms with Crippen molar-refractivity contribution in [1.29, 1.82) is 5.26 Å². The molecule has 0 radical (unpaired) electrons. The zero-order valence-electron chi connectivity index (χ0n) is 20.2. The standard InChI is InChI=1S/C27H28N2O5S/c1-6-16-33-26-24(27(2,3)4)19(18-28)17-23(35(30,31)29-20-12-8-7-9-13-20)25(26)34-22-15-11-10-14-21(22)32-5/h6-15,17,29H,1,16H2,2-5H3. The van der Waals surface area contributed by atoms with Crippen LogP contribution in [0.5, 0.6) is 23.0 Å². The van der Waals surface area contributed by atoms with Crippen LogP contribution in [0.4, 0.5) is 5.69 Å². The Labute approximate surface area is 206 Å². The van der Waals surface area contributed by atoms with Crippen molar-refractivity contribution in [3.63, 3.8) is 0 Å². The monoisotopic (exact) mass is 492 g/mol. The zero-order valence-corrected chi connectivity index (χ0v) is 21.0. The molecular formula is C27H28N2O5S. The second-order valence-corrected chi connectivity index (χ2v) is 10.3. The second kappa shape index (κ2) is 10.5. The van der Waals surface area contributed by atoms with Gasteiger partial charge in [0.15, 0.2) is 23.0 Å². The van der Waals surface area contributed by atoms with Crippen molar-refractivity contribution in [3.05, 3.63) is 84.4 Å². The largest absolute Gasteiger partial charge is 0.493 e. The third-order valence-electron chi connectivity index (χ3n) is 5.01. The van der Waals surface area contributed by atoms with E-state index in [4.69, 9.17) is 14.2 Å². The minimum absolute atomic E-state index is 0.0521. The first-order valence-electron chi connectivity index (χ1n) is 10.9. The number of nitriles is 1. The molecule has 8 heteroatoms. The van der Waals surface area contributed by atoms with E-state index in [1.54, 1.807) is 54.6 Å². The molecule has 0 heterocycles. The molecule has 0 bridgehead atoms. The third-order valence-corrected chi connectivity index (χ3v) is 6.40. The first kappa shape index (κ1) is 25.7. The summed E-state index contributed by atoms with van der Waals surface area (Å²) < 4.78 is 47.4. The molecule has 3 rings (SSSR count). The fourth-order valence-electron chi connectivity index (χ4n) is 3.55. The smallest absolute Gasteiger partial charge is 0.265 e. The van der Waals surface area contributed by atoms with Crippen molar-refractivity contribution >= 4 is 15.7 Å². The number of hydrogen-bond acceptors (Lipinski definition) is 6. The van der Waals surface area contributed by atoms with E-state index in [0.717, 1.165) is 0 Å². The Morgan fingerprint density at radius 3 is 2.23 bits per heavy atom. The van der Waals surface area contributed by atoms with Gasteiger partial charge in [-0.05, 0) is 35.7 Å². The molecule has 182 valence electrons. The lowest BCUT2D eigenvalue weighted by Gasteiger charge is -2.27. The average Bonchev–Trinajstić information content (AvgIpc) is 2.82. The maximum absolute atomic E-state index is 13.6. The van der Waals surface area contributed by atoms with Gasteiger partial charge in [-0.2, -0.15) is 5.26 Å². The minimum atomic E-state index is -4.20. The summed E-state index contributed by atoms with van der Waals surface area (Å²) in [5, 5.41) is 9.97.